The summed E-state index contributed by atoms with van der Waals surface area (Å²) < 4.78 is 29.5. The number of benzene rings is 2. The second-order valence-corrected chi connectivity index (χ2v) is 8.32. The standard InChI is InChI=1S/C18H13N7O6S/c1-11-16(24(26)27)8-14(9-17(11)25(28)29)32(30,31)22-13-4-2-3-12(7-13)15-5-6-18-20-19-10-23(18)21-15/h2-10,22H,1H3. The van der Waals surface area contributed by atoms with Gasteiger partial charge in [-0.25, -0.2) is 8.42 Å². The van der Waals surface area contributed by atoms with Gasteiger partial charge in [-0.2, -0.15) is 9.61 Å². The van der Waals surface area contributed by atoms with Gasteiger partial charge >= 0.3 is 0 Å². The summed E-state index contributed by atoms with van der Waals surface area (Å²) in [5.41, 5.74) is 0.185. The molecule has 0 atom stereocenters. The van der Waals surface area contributed by atoms with Crippen LogP contribution >= 0.6 is 0 Å². The number of fused-ring (bicyclic) bond motifs is 1. The van der Waals surface area contributed by atoms with E-state index in [1.54, 1.807) is 24.3 Å². The maximum absolute atomic E-state index is 12.9. The molecule has 0 spiro atoms. The van der Waals surface area contributed by atoms with Gasteiger partial charge in [0.15, 0.2) is 5.65 Å². The zero-order valence-corrected chi connectivity index (χ0v) is 17.1. The summed E-state index contributed by atoms with van der Waals surface area (Å²) in [6.45, 7) is 1.18. The first-order valence-corrected chi connectivity index (χ1v) is 10.4. The molecule has 0 saturated carbocycles. The van der Waals surface area contributed by atoms with Gasteiger partial charge in [0.1, 0.15) is 16.8 Å². The first-order chi connectivity index (χ1) is 15.2. The number of hydrogen-bond acceptors (Lipinski definition) is 9. The summed E-state index contributed by atoms with van der Waals surface area (Å²) in [4.78, 5) is 20.2. The van der Waals surface area contributed by atoms with Crippen molar-refractivity contribution in [2.24, 2.45) is 0 Å². The minimum Gasteiger partial charge on any atom is -0.280 e. The summed E-state index contributed by atoms with van der Waals surface area (Å²) in [7, 11) is -4.37. The summed E-state index contributed by atoms with van der Waals surface area (Å²) in [6.07, 6.45) is 1.42. The highest BCUT2D eigenvalue weighted by Crippen LogP contribution is 2.32. The van der Waals surface area contributed by atoms with Crippen LogP contribution in [0.3, 0.4) is 0 Å². The highest BCUT2D eigenvalue weighted by atomic mass is 32.2. The Hall–Kier alpha value is -4.46. The Balaban J connectivity index is 1.72. The predicted octanol–water partition coefficient (Wildman–Crippen LogP) is 2.72. The molecule has 0 aliphatic heterocycles. The lowest BCUT2D eigenvalue weighted by Crippen LogP contribution is -2.14. The van der Waals surface area contributed by atoms with Gasteiger partial charge in [-0.15, -0.1) is 10.2 Å². The molecule has 0 aliphatic carbocycles. The molecule has 4 rings (SSSR count). The van der Waals surface area contributed by atoms with Crippen LogP contribution < -0.4 is 4.72 Å². The molecule has 0 radical (unpaired) electrons. The average molecular weight is 455 g/mol. The molecule has 32 heavy (non-hydrogen) atoms. The molecule has 162 valence electrons. The van der Waals surface area contributed by atoms with Crippen LogP contribution in [0.15, 0.2) is 59.8 Å². The Kier molecular flexibility index (Phi) is 4.98. The Labute approximate surface area is 179 Å². The van der Waals surface area contributed by atoms with E-state index in [-0.39, 0.29) is 11.3 Å². The second-order valence-electron chi connectivity index (χ2n) is 6.64. The highest BCUT2D eigenvalue weighted by molar-refractivity contribution is 7.92. The fourth-order valence-electron chi connectivity index (χ4n) is 3.03. The van der Waals surface area contributed by atoms with Crippen LogP contribution in [0, 0.1) is 27.2 Å². The molecule has 4 aromatic rings. The topological polar surface area (TPSA) is 176 Å². The first-order valence-electron chi connectivity index (χ1n) is 8.89. The molecule has 0 bridgehead atoms. The number of rotatable bonds is 6. The number of sulfonamides is 1. The third kappa shape index (κ3) is 3.81. The number of nitrogens with zero attached hydrogens (tertiary/aromatic N) is 6. The van der Waals surface area contributed by atoms with Gasteiger partial charge in [0.05, 0.1) is 15.5 Å². The zero-order valence-electron chi connectivity index (χ0n) is 16.2. The van der Waals surface area contributed by atoms with Crippen molar-refractivity contribution >= 4 is 32.7 Å². The summed E-state index contributed by atoms with van der Waals surface area (Å²) >= 11 is 0. The van der Waals surface area contributed by atoms with Crippen molar-refractivity contribution in [1.29, 1.82) is 0 Å². The Morgan fingerprint density at radius 1 is 1.00 bits per heavy atom. The molecule has 0 fully saturated rings. The largest absolute Gasteiger partial charge is 0.280 e. The molecule has 14 heteroatoms. The highest BCUT2D eigenvalue weighted by Gasteiger charge is 2.28. The third-order valence-corrected chi connectivity index (χ3v) is 5.96. The normalized spacial score (nSPS) is 11.4. The van der Waals surface area contributed by atoms with Crippen LogP contribution in [0.25, 0.3) is 16.9 Å². The van der Waals surface area contributed by atoms with Crippen LogP contribution in [-0.4, -0.2) is 38.1 Å². The van der Waals surface area contributed by atoms with E-state index in [2.05, 4.69) is 20.0 Å². The number of nitrogens with one attached hydrogen (secondary N) is 1. The van der Waals surface area contributed by atoms with Crippen LogP contribution in [0.4, 0.5) is 17.1 Å². The van der Waals surface area contributed by atoms with Gasteiger partial charge in [-0.1, -0.05) is 12.1 Å². The summed E-state index contributed by atoms with van der Waals surface area (Å²) in [5.74, 6) is 0. The minimum absolute atomic E-state index is 0.138. The molecule has 2 heterocycles. The van der Waals surface area contributed by atoms with Gasteiger partial charge in [0, 0.05) is 23.4 Å². The molecular weight excluding hydrogens is 442 g/mol. The van der Waals surface area contributed by atoms with E-state index >= 15 is 0 Å². The van der Waals surface area contributed by atoms with Crippen LogP contribution in [0.5, 0.6) is 0 Å². The average Bonchev–Trinajstić information content (AvgIpc) is 3.21. The van der Waals surface area contributed by atoms with Crippen molar-refractivity contribution in [3.63, 3.8) is 0 Å². The lowest BCUT2D eigenvalue weighted by atomic mass is 10.1. The molecule has 0 unspecified atom stereocenters. The molecular formula is C18H13N7O6S. The van der Waals surface area contributed by atoms with E-state index in [1.807, 2.05) is 0 Å². The number of nitro benzene ring substituents is 2. The maximum atomic E-state index is 12.9. The minimum atomic E-state index is -4.37. The van der Waals surface area contributed by atoms with E-state index < -0.39 is 36.1 Å². The second kappa shape index (κ2) is 7.66. The Morgan fingerprint density at radius 2 is 1.69 bits per heavy atom. The van der Waals surface area contributed by atoms with Gasteiger partial charge in [-0.3, -0.25) is 25.0 Å². The van der Waals surface area contributed by atoms with Gasteiger partial charge in [0.25, 0.3) is 21.4 Å². The number of aromatic nitrogens is 4. The van der Waals surface area contributed by atoms with Crippen molar-refractivity contribution in [2.45, 2.75) is 11.8 Å². The molecule has 13 nitrogen and oxygen atoms in total. The molecule has 0 aliphatic rings. The number of hydrogen-bond donors (Lipinski definition) is 1. The first kappa shape index (κ1) is 20.8. The van der Waals surface area contributed by atoms with Gasteiger partial charge in [0.2, 0.25) is 0 Å². The smallest absolute Gasteiger partial charge is 0.280 e. The van der Waals surface area contributed by atoms with Crippen molar-refractivity contribution < 1.29 is 18.3 Å². The predicted molar refractivity (Wildman–Crippen MR) is 112 cm³/mol. The SMILES string of the molecule is Cc1c([N+](=O)[O-])cc(S(=O)(=O)Nc2cccc(-c3ccc4nncn4n3)c2)cc1[N+](=O)[O-]. The Bertz CT molecular complexity index is 1460. The molecule has 1 N–H and O–H groups in total. The van der Waals surface area contributed by atoms with Crippen LogP contribution in [-0.2, 0) is 10.0 Å². The monoisotopic (exact) mass is 455 g/mol. The fraction of sp³-hybridized carbons (Fsp3) is 0.0556. The van der Waals surface area contributed by atoms with E-state index in [0.717, 1.165) is 12.1 Å². The number of anilines is 1. The summed E-state index contributed by atoms with van der Waals surface area (Å²) in [6, 6.07) is 11.2. The molecule has 2 aromatic heterocycles. The van der Waals surface area contributed by atoms with E-state index in [9.17, 15) is 28.6 Å². The third-order valence-electron chi connectivity index (χ3n) is 4.60. The Morgan fingerprint density at radius 3 is 2.34 bits per heavy atom. The van der Waals surface area contributed by atoms with Crippen LogP contribution in [0.2, 0.25) is 0 Å². The molecule has 2 aromatic carbocycles. The van der Waals surface area contributed by atoms with Crippen molar-refractivity contribution in [1.82, 2.24) is 19.8 Å². The molecule has 0 saturated heterocycles. The lowest BCUT2D eigenvalue weighted by molar-refractivity contribution is -0.395. The quantitative estimate of drug-likeness (QED) is 0.338. The maximum Gasteiger partial charge on any atom is 0.280 e. The van der Waals surface area contributed by atoms with Crippen molar-refractivity contribution in [2.75, 3.05) is 4.72 Å². The zero-order chi connectivity index (χ0) is 23.0. The van der Waals surface area contributed by atoms with Gasteiger partial charge < -0.3 is 0 Å². The molecule has 0 amide bonds. The van der Waals surface area contributed by atoms with Crippen molar-refractivity contribution in [3.05, 3.63) is 80.7 Å². The van der Waals surface area contributed by atoms with E-state index in [0.29, 0.717) is 16.9 Å². The summed E-state index contributed by atoms with van der Waals surface area (Å²) in [5, 5.41) is 34.5. The van der Waals surface area contributed by atoms with E-state index in [4.69, 9.17) is 0 Å². The number of nitro groups is 2. The van der Waals surface area contributed by atoms with Crippen molar-refractivity contribution in [3.8, 4) is 11.3 Å². The lowest BCUT2D eigenvalue weighted by Gasteiger charge is -2.10. The van der Waals surface area contributed by atoms with E-state index in [1.165, 1.54) is 29.9 Å². The fourth-order valence-corrected chi connectivity index (χ4v) is 4.12. The van der Waals surface area contributed by atoms with Crippen LogP contribution in [0.1, 0.15) is 5.56 Å². The van der Waals surface area contributed by atoms with Gasteiger partial charge in [-0.05, 0) is 31.2 Å².